The highest BCUT2D eigenvalue weighted by Crippen LogP contribution is 2.30. The highest BCUT2D eigenvalue weighted by Gasteiger charge is 2.37. The maximum Gasteiger partial charge on any atom is 0.317 e. The Hall–Kier alpha value is -0.770. The number of carbonyl (C=O) groups excluding carboxylic acids is 1. The van der Waals surface area contributed by atoms with Crippen molar-refractivity contribution in [2.45, 2.75) is 50.6 Å². The predicted octanol–water partition coefficient (Wildman–Crippen LogP) is 1.32. The van der Waals surface area contributed by atoms with Gasteiger partial charge in [0.2, 0.25) is 0 Å². The Labute approximate surface area is 103 Å². The van der Waals surface area contributed by atoms with Gasteiger partial charge in [-0.05, 0) is 44.7 Å². The molecule has 2 aliphatic heterocycles. The Morgan fingerprint density at radius 3 is 2.65 bits per heavy atom. The maximum atomic E-state index is 12.1. The molecule has 0 radical (unpaired) electrons. The van der Waals surface area contributed by atoms with E-state index in [4.69, 9.17) is 0 Å². The van der Waals surface area contributed by atoms with Crippen molar-refractivity contribution in [3.8, 4) is 0 Å². The third kappa shape index (κ3) is 2.28. The van der Waals surface area contributed by atoms with Gasteiger partial charge in [-0.15, -0.1) is 0 Å². The van der Waals surface area contributed by atoms with E-state index >= 15 is 0 Å². The Kier molecular flexibility index (Phi) is 3.23. The van der Waals surface area contributed by atoms with Gasteiger partial charge in [0.25, 0.3) is 0 Å². The summed E-state index contributed by atoms with van der Waals surface area (Å²) in [5.41, 5.74) is 0. The number of amides is 2. The Balaban J connectivity index is 1.66. The van der Waals surface area contributed by atoms with Gasteiger partial charge in [-0.1, -0.05) is 12.8 Å². The molecule has 4 heteroatoms. The first-order valence-electron chi connectivity index (χ1n) is 7.12. The third-order valence-electron chi connectivity index (χ3n) is 4.66. The van der Waals surface area contributed by atoms with Crippen molar-refractivity contribution < 1.29 is 4.79 Å². The van der Waals surface area contributed by atoms with E-state index in [-0.39, 0.29) is 6.03 Å². The van der Waals surface area contributed by atoms with E-state index in [0.29, 0.717) is 18.0 Å². The fourth-order valence-electron chi connectivity index (χ4n) is 3.63. The quantitative estimate of drug-likeness (QED) is 0.722. The van der Waals surface area contributed by atoms with Crippen molar-refractivity contribution in [2.75, 3.05) is 19.6 Å². The number of hydrogen-bond acceptors (Lipinski definition) is 2. The minimum atomic E-state index is 0.194. The topological polar surface area (TPSA) is 44.4 Å². The summed E-state index contributed by atoms with van der Waals surface area (Å²) in [5, 5.41) is 6.60. The first-order valence-corrected chi connectivity index (χ1v) is 7.12. The number of hydrogen-bond donors (Lipinski definition) is 2. The Morgan fingerprint density at radius 2 is 1.82 bits per heavy atom. The zero-order valence-electron chi connectivity index (χ0n) is 10.5. The van der Waals surface area contributed by atoms with Crippen LogP contribution in [0.1, 0.15) is 38.5 Å². The highest BCUT2D eigenvalue weighted by molar-refractivity contribution is 5.76. The molecule has 2 saturated heterocycles. The molecule has 1 saturated carbocycles. The van der Waals surface area contributed by atoms with Crippen LogP contribution in [0.2, 0.25) is 0 Å². The van der Waals surface area contributed by atoms with Gasteiger partial charge in [-0.2, -0.15) is 0 Å². The Bertz CT molecular complexity index is 288. The molecule has 0 aromatic carbocycles. The zero-order valence-corrected chi connectivity index (χ0v) is 10.5. The molecule has 3 fully saturated rings. The summed E-state index contributed by atoms with van der Waals surface area (Å²) in [6.07, 6.45) is 7.35. The molecule has 2 unspecified atom stereocenters. The molecule has 2 atom stereocenters. The molecule has 96 valence electrons. The fourth-order valence-corrected chi connectivity index (χ4v) is 3.63. The molecule has 0 aromatic rings. The van der Waals surface area contributed by atoms with E-state index in [1.807, 2.05) is 0 Å². The molecule has 2 N–H and O–H groups in total. The lowest BCUT2D eigenvalue weighted by Crippen LogP contribution is -2.61. The zero-order chi connectivity index (χ0) is 11.7. The van der Waals surface area contributed by atoms with Crippen molar-refractivity contribution >= 4 is 6.03 Å². The molecule has 0 aromatic heterocycles. The standard InChI is InChI=1S/C13H23N3O/c17-13-15-12-4-2-1-3-10(12)9-16(13)11-5-7-14-8-6-11/h10-12,14H,1-9H2,(H,15,17). The van der Waals surface area contributed by atoms with Crippen LogP contribution < -0.4 is 10.6 Å². The van der Waals surface area contributed by atoms with E-state index in [0.717, 1.165) is 32.5 Å². The van der Waals surface area contributed by atoms with Crippen LogP contribution in [0.15, 0.2) is 0 Å². The van der Waals surface area contributed by atoms with Crippen molar-refractivity contribution in [2.24, 2.45) is 5.92 Å². The van der Waals surface area contributed by atoms with Gasteiger partial charge in [-0.25, -0.2) is 4.79 Å². The van der Waals surface area contributed by atoms with Crippen molar-refractivity contribution in [3.63, 3.8) is 0 Å². The van der Waals surface area contributed by atoms with Gasteiger partial charge in [0.15, 0.2) is 0 Å². The van der Waals surface area contributed by atoms with Crippen LogP contribution in [-0.4, -0.2) is 42.6 Å². The van der Waals surface area contributed by atoms with Crippen LogP contribution in [0.5, 0.6) is 0 Å². The number of piperidine rings is 1. The average Bonchev–Trinajstić information content (AvgIpc) is 2.39. The van der Waals surface area contributed by atoms with Crippen LogP contribution in [0.4, 0.5) is 4.79 Å². The number of nitrogens with zero attached hydrogens (tertiary/aromatic N) is 1. The molecule has 3 aliphatic rings. The van der Waals surface area contributed by atoms with Crippen molar-refractivity contribution in [3.05, 3.63) is 0 Å². The normalized spacial score (nSPS) is 35.3. The molecule has 2 amide bonds. The second-order valence-electron chi connectivity index (χ2n) is 5.73. The maximum absolute atomic E-state index is 12.1. The van der Waals surface area contributed by atoms with Gasteiger partial charge in [0.1, 0.15) is 0 Å². The van der Waals surface area contributed by atoms with Crippen LogP contribution >= 0.6 is 0 Å². The Morgan fingerprint density at radius 1 is 1.06 bits per heavy atom. The van der Waals surface area contributed by atoms with Crippen LogP contribution in [0, 0.1) is 5.92 Å². The van der Waals surface area contributed by atoms with E-state index in [9.17, 15) is 4.79 Å². The smallest absolute Gasteiger partial charge is 0.317 e. The lowest BCUT2D eigenvalue weighted by molar-refractivity contribution is 0.0923. The van der Waals surface area contributed by atoms with Crippen molar-refractivity contribution in [1.82, 2.24) is 15.5 Å². The lowest BCUT2D eigenvalue weighted by Gasteiger charge is -2.45. The second kappa shape index (κ2) is 4.84. The van der Waals surface area contributed by atoms with E-state index in [1.165, 1.54) is 25.7 Å². The van der Waals surface area contributed by atoms with Gasteiger partial charge < -0.3 is 15.5 Å². The number of urea groups is 1. The van der Waals surface area contributed by atoms with E-state index in [2.05, 4.69) is 15.5 Å². The average molecular weight is 237 g/mol. The predicted molar refractivity (Wildman–Crippen MR) is 66.9 cm³/mol. The van der Waals surface area contributed by atoms with E-state index < -0.39 is 0 Å². The second-order valence-corrected chi connectivity index (χ2v) is 5.73. The molecule has 0 spiro atoms. The minimum absolute atomic E-state index is 0.194. The highest BCUT2D eigenvalue weighted by atomic mass is 16.2. The minimum Gasteiger partial charge on any atom is -0.335 e. The molecule has 17 heavy (non-hydrogen) atoms. The van der Waals surface area contributed by atoms with Crippen molar-refractivity contribution in [1.29, 1.82) is 0 Å². The monoisotopic (exact) mass is 237 g/mol. The number of fused-ring (bicyclic) bond motifs is 1. The lowest BCUT2D eigenvalue weighted by atomic mass is 9.82. The molecular formula is C13H23N3O. The number of nitrogens with one attached hydrogen (secondary N) is 2. The number of carbonyl (C=O) groups is 1. The molecule has 2 heterocycles. The van der Waals surface area contributed by atoms with Crippen LogP contribution in [0.3, 0.4) is 0 Å². The van der Waals surface area contributed by atoms with Crippen LogP contribution in [-0.2, 0) is 0 Å². The molecule has 1 aliphatic carbocycles. The summed E-state index contributed by atoms with van der Waals surface area (Å²) in [7, 11) is 0. The summed E-state index contributed by atoms with van der Waals surface area (Å²) < 4.78 is 0. The molecule has 0 bridgehead atoms. The molecular weight excluding hydrogens is 214 g/mol. The summed E-state index contributed by atoms with van der Waals surface area (Å²) in [5.74, 6) is 0.705. The van der Waals surface area contributed by atoms with Gasteiger partial charge in [0, 0.05) is 18.6 Å². The van der Waals surface area contributed by atoms with E-state index in [1.54, 1.807) is 0 Å². The SMILES string of the molecule is O=C1NC2CCCCC2CN1C1CCNCC1. The third-order valence-corrected chi connectivity index (χ3v) is 4.66. The van der Waals surface area contributed by atoms with Gasteiger partial charge >= 0.3 is 6.03 Å². The molecule has 4 nitrogen and oxygen atoms in total. The largest absolute Gasteiger partial charge is 0.335 e. The molecule has 3 rings (SSSR count). The van der Waals surface area contributed by atoms with Gasteiger partial charge in [0.05, 0.1) is 0 Å². The van der Waals surface area contributed by atoms with Crippen LogP contribution in [0.25, 0.3) is 0 Å². The summed E-state index contributed by atoms with van der Waals surface area (Å²) in [6, 6.07) is 1.13. The summed E-state index contributed by atoms with van der Waals surface area (Å²) in [6.45, 7) is 3.12. The summed E-state index contributed by atoms with van der Waals surface area (Å²) >= 11 is 0. The summed E-state index contributed by atoms with van der Waals surface area (Å²) in [4.78, 5) is 14.3. The first kappa shape index (κ1) is 11.3. The first-order chi connectivity index (χ1) is 8.34. The fraction of sp³-hybridized carbons (Fsp3) is 0.923. The van der Waals surface area contributed by atoms with Gasteiger partial charge in [-0.3, -0.25) is 0 Å². The number of rotatable bonds is 1.